The standard InChI is InChI=1S/C13H25NO.C11H21NO.C10H21NO.2C9H17NO2.C9H17NO.C9H13NO.C9H19NO.C7H15NO.8C2H6/c1-11(2)15-10-12-6-5-9-14-8-4-3-7-13(12)14;1-9(2)13-8-12-10-4-3-5-11(12)7-6-10;1-9(2)12-10(3)5-8-11-6-4-7-11;1-7(2)12-6-10-4-9-3-8(10)5-11-9;1-9(2,3)12-7-8(11)10-5-4-6-10;1-9(2)11-8-4-7-10-5-3-6-10;1-8(2)11-7-9-4-3-5-10-6-9;1-9(2)11-8-10-6-4-3-5-7-10;1-7(2)9-6-8-4-3-5-8;8*1-2/h11-13H,3-10H2,1-2H3;9-11H,3-8H2,1-2H3;9-10H,4-8H2,1-3H3;7-9H,3-6H2,1-2H3;4-7H2,1-3H3;4,8-9H,3,5-7H2,1-2H3;3-6,8H,7H2,1-2H3;9H,3-8H2,1-2H3;7H,3-6H2,1-2H3;8*1-2H3/b;;;;;8-4+;;;;;;;;;;;. The lowest BCUT2D eigenvalue weighted by molar-refractivity contribution is -0.144. The summed E-state index contributed by atoms with van der Waals surface area (Å²) in [4.78, 5) is 34.3. The third-order valence-corrected chi connectivity index (χ3v) is 20.6. The van der Waals surface area contributed by atoms with Gasteiger partial charge in [-0.1, -0.05) is 136 Å². The summed E-state index contributed by atoms with van der Waals surface area (Å²) in [5.74, 6) is 0.928. The van der Waals surface area contributed by atoms with Gasteiger partial charge in [0.05, 0.1) is 120 Å². The van der Waals surface area contributed by atoms with Gasteiger partial charge in [-0.3, -0.25) is 34.3 Å². The highest BCUT2D eigenvalue weighted by Gasteiger charge is 2.39. The van der Waals surface area contributed by atoms with Crippen molar-refractivity contribution in [3.05, 3.63) is 42.4 Å². The van der Waals surface area contributed by atoms with E-state index in [0.717, 1.165) is 102 Å². The maximum atomic E-state index is 11.3. The lowest BCUT2D eigenvalue weighted by Gasteiger charge is -2.44. The van der Waals surface area contributed by atoms with E-state index in [1.165, 1.54) is 188 Å². The molecule has 1 aromatic rings. The number of hydrogen-bond acceptors (Lipinski definition) is 19. The normalized spacial score (nSPS) is 21.4. The maximum Gasteiger partial charge on any atom is 0.248 e. The van der Waals surface area contributed by atoms with Gasteiger partial charge in [-0.15, -0.1) is 0 Å². The first-order valence-electron chi connectivity index (χ1n) is 50.8. The molecule has 0 saturated carbocycles. The number of rotatable bonds is 29. The molecule has 732 valence electrons. The monoisotopic (exact) mass is 1740 g/mol. The summed E-state index contributed by atoms with van der Waals surface area (Å²) in [7, 11) is 0. The molecule has 12 rings (SSSR count). The number of ether oxygens (including phenoxy) is 10. The second-order valence-electron chi connectivity index (χ2n) is 34.4. The Morgan fingerprint density at radius 3 is 1.37 bits per heavy atom. The van der Waals surface area contributed by atoms with Crippen molar-refractivity contribution < 1.29 is 52.2 Å². The van der Waals surface area contributed by atoms with Crippen LogP contribution >= 0.6 is 0 Å². The van der Waals surface area contributed by atoms with E-state index in [2.05, 4.69) is 135 Å². The molecule has 0 aliphatic carbocycles. The summed E-state index contributed by atoms with van der Waals surface area (Å²) in [6.07, 6.45) is 37.0. The Hall–Kier alpha value is -2.48. The molecule has 0 aromatic carbocycles. The van der Waals surface area contributed by atoms with E-state index in [-0.39, 0.29) is 24.2 Å². The molecule has 1 amide bonds. The predicted molar refractivity (Wildman–Crippen MR) is 526 cm³/mol. The highest BCUT2D eigenvalue weighted by molar-refractivity contribution is 5.78. The Kier molecular flexibility index (Phi) is 90.8. The minimum Gasteiger partial charge on any atom is -0.499 e. The van der Waals surface area contributed by atoms with Crippen LogP contribution in [0.4, 0.5) is 0 Å². The fourth-order valence-electron chi connectivity index (χ4n) is 13.9. The molecule has 0 N–H and O–H groups in total. The number of hydrogen-bond donors (Lipinski definition) is 0. The number of carbonyl (C=O) groups excluding carboxylic acids is 1. The van der Waals surface area contributed by atoms with E-state index in [1.807, 2.05) is 189 Å². The lowest BCUT2D eigenvalue weighted by atomic mass is 9.84. The van der Waals surface area contributed by atoms with Crippen LogP contribution in [0.15, 0.2) is 36.9 Å². The van der Waals surface area contributed by atoms with Crippen molar-refractivity contribution in [2.75, 3.05) is 145 Å². The first kappa shape index (κ1) is 128. The Balaban J connectivity index is -0.000000413. The molecule has 11 saturated heterocycles. The van der Waals surface area contributed by atoms with E-state index < -0.39 is 0 Å². The SMILES string of the molecule is CC.CC.CC.CC.CC.CC.CC.CC.CC(C)(C)OCC(=O)N1CCC1.CC(C)O/C=C/CN1CCC1.CC(C)OC(C)CCN1CCC1.CC(C)OCC1CCCN2CCCCC12.CC(C)OCN1C2CCCC1CC2.CC(C)OCN1CC2CC1CO2.CC(C)OCN1CCC1.CC(C)OCN1CCCCC1.CC(C)OCc1cccnc1. The average Bonchev–Trinajstić information content (AvgIpc) is 1.69. The molecular formula is C102H213N9O11. The van der Waals surface area contributed by atoms with E-state index in [0.29, 0.717) is 67.6 Å². The first-order valence-corrected chi connectivity index (χ1v) is 50.8. The molecule has 12 heterocycles. The molecule has 122 heavy (non-hydrogen) atoms. The van der Waals surface area contributed by atoms with Gasteiger partial charge in [0.2, 0.25) is 5.91 Å². The zero-order valence-electron chi connectivity index (χ0n) is 87.8. The number of fused-ring (bicyclic) bond motifs is 5. The Labute approximate surface area is 760 Å². The number of morpholine rings is 1. The average molecular weight is 1740 g/mol. The van der Waals surface area contributed by atoms with Gasteiger partial charge in [-0.05, 0) is 304 Å². The van der Waals surface area contributed by atoms with Gasteiger partial charge in [-0.25, -0.2) is 0 Å². The zero-order chi connectivity index (χ0) is 93.7. The smallest absolute Gasteiger partial charge is 0.248 e. The summed E-state index contributed by atoms with van der Waals surface area (Å²) >= 11 is 0. The van der Waals surface area contributed by atoms with Crippen LogP contribution in [0.2, 0.25) is 0 Å². The van der Waals surface area contributed by atoms with Crippen LogP contribution < -0.4 is 0 Å². The van der Waals surface area contributed by atoms with Gasteiger partial charge in [0.1, 0.15) is 6.61 Å². The van der Waals surface area contributed by atoms with Crippen molar-refractivity contribution >= 4 is 5.91 Å². The van der Waals surface area contributed by atoms with Crippen LogP contribution in [0.1, 0.15) is 377 Å². The molecule has 7 unspecified atom stereocenters. The predicted octanol–water partition coefficient (Wildman–Crippen LogP) is 23.6. The molecule has 20 nitrogen and oxygen atoms in total. The van der Waals surface area contributed by atoms with Gasteiger partial charge in [0.15, 0.2) is 0 Å². The van der Waals surface area contributed by atoms with E-state index in [9.17, 15) is 4.79 Å². The molecule has 11 aliphatic heterocycles. The van der Waals surface area contributed by atoms with E-state index in [4.69, 9.17) is 47.4 Å². The fraction of sp³-hybridized carbons (Fsp3) is 0.922. The van der Waals surface area contributed by atoms with Crippen molar-refractivity contribution in [1.82, 2.24) is 44.2 Å². The molecule has 20 heteroatoms. The Morgan fingerprint density at radius 2 is 0.951 bits per heavy atom. The molecule has 11 fully saturated rings. The van der Waals surface area contributed by atoms with Gasteiger partial charge in [0.25, 0.3) is 0 Å². The maximum absolute atomic E-state index is 11.3. The Bertz CT molecular complexity index is 2280. The number of pyridine rings is 1. The van der Waals surface area contributed by atoms with Gasteiger partial charge in [-0.2, -0.15) is 0 Å². The van der Waals surface area contributed by atoms with Crippen LogP contribution in [0, 0.1) is 5.92 Å². The second-order valence-corrected chi connectivity index (χ2v) is 34.4. The van der Waals surface area contributed by atoms with Gasteiger partial charge >= 0.3 is 0 Å². The zero-order valence-corrected chi connectivity index (χ0v) is 87.8. The number of carbonyl (C=O) groups is 1. The second kappa shape index (κ2) is 86.6. The molecule has 7 atom stereocenters. The third-order valence-electron chi connectivity index (χ3n) is 20.6. The summed E-state index contributed by atoms with van der Waals surface area (Å²) in [6.45, 7) is 97.3. The van der Waals surface area contributed by atoms with Gasteiger partial charge in [0, 0.05) is 95.5 Å². The Morgan fingerprint density at radius 1 is 0.475 bits per heavy atom. The van der Waals surface area contributed by atoms with Gasteiger partial charge < -0.3 is 62.1 Å². The van der Waals surface area contributed by atoms with Crippen LogP contribution in [0.25, 0.3) is 0 Å². The summed E-state index contributed by atoms with van der Waals surface area (Å²) in [5.41, 5.74) is 0.918. The highest BCUT2D eigenvalue weighted by atomic mass is 16.5. The molecule has 0 spiro atoms. The lowest BCUT2D eigenvalue weighted by Crippen LogP contribution is -2.49. The van der Waals surface area contributed by atoms with Crippen LogP contribution in [0.5, 0.6) is 0 Å². The van der Waals surface area contributed by atoms with E-state index in [1.54, 1.807) is 6.20 Å². The van der Waals surface area contributed by atoms with Crippen molar-refractivity contribution in [1.29, 1.82) is 0 Å². The highest BCUT2D eigenvalue weighted by Crippen LogP contribution is 2.36. The fourth-order valence-corrected chi connectivity index (χ4v) is 13.9. The third kappa shape index (κ3) is 70.4. The number of aromatic nitrogens is 1. The molecule has 0 radical (unpaired) electrons. The number of likely N-dealkylation sites (tertiary alicyclic amines) is 6. The van der Waals surface area contributed by atoms with Crippen LogP contribution in [-0.2, 0) is 58.8 Å². The molecular weight excluding hydrogens is 1530 g/mol. The molecule has 1 aromatic heterocycles. The summed E-state index contributed by atoms with van der Waals surface area (Å²) < 4.78 is 55.1. The largest absolute Gasteiger partial charge is 0.499 e. The van der Waals surface area contributed by atoms with Crippen molar-refractivity contribution in [3.8, 4) is 0 Å². The van der Waals surface area contributed by atoms with Crippen LogP contribution in [0.3, 0.4) is 0 Å². The summed E-state index contributed by atoms with van der Waals surface area (Å²) in [6, 6.07) is 7.09. The first-order chi connectivity index (χ1) is 58.6. The minimum atomic E-state index is -0.208. The number of nitrogens with zero attached hydrogens (tertiary/aromatic N) is 9. The van der Waals surface area contributed by atoms with E-state index >= 15 is 0 Å². The topological polar surface area (TPSA) is 148 Å². The minimum absolute atomic E-state index is 0.121. The van der Waals surface area contributed by atoms with Crippen molar-refractivity contribution in [2.24, 2.45) is 5.92 Å². The van der Waals surface area contributed by atoms with Crippen LogP contribution in [-0.4, -0.2) is 286 Å². The quantitative estimate of drug-likeness (QED) is 0.0700. The molecule has 4 bridgehead atoms. The summed E-state index contributed by atoms with van der Waals surface area (Å²) in [5, 5.41) is 0. The number of piperidine rings is 4. The van der Waals surface area contributed by atoms with Crippen molar-refractivity contribution in [2.45, 2.75) is 469 Å². The number of amides is 1. The van der Waals surface area contributed by atoms with Crippen molar-refractivity contribution in [3.63, 3.8) is 0 Å². The molecule has 11 aliphatic rings.